The molecule has 0 amide bonds. The number of carbonyl (C=O) groups is 1. The second-order valence-electron chi connectivity index (χ2n) is 4.01. The smallest absolute Gasteiger partial charge is 0.195 e. The summed E-state index contributed by atoms with van der Waals surface area (Å²) in [5.41, 5.74) is 1.93. The minimum atomic E-state index is -0.347. The first-order chi connectivity index (χ1) is 8.75. The van der Waals surface area contributed by atoms with Crippen LogP contribution in [0.15, 0.2) is 48.7 Å². The molecule has 0 fully saturated rings. The Labute approximate surface area is 103 Å². The first kappa shape index (κ1) is 10.7. The SMILES string of the molecule is O=C(c1ccc(F)cc1)c1c[nH]c2c[c]ccc12. The number of aromatic amines is 1. The van der Waals surface area contributed by atoms with Gasteiger partial charge in [-0.25, -0.2) is 4.39 Å². The summed E-state index contributed by atoms with van der Waals surface area (Å²) >= 11 is 0. The number of rotatable bonds is 2. The van der Waals surface area contributed by atoms with Crippen molar-refractivity contribution in [1.29, 1.82) is 0 Å². The highest BCUT2D eigenvalue weighted by molar-refractivity contribution is 6.16. The van der Waals surface area contributed by atoms with Crippen molar-refractivity contribution in [3.8, 4) is 0 Å². The molecule has 0 saturated carbocycles. The van der Waals surface area contributed by atoms with E-state index in [2.05, 4.69) is 11.1 Å². The molecule has 2 aromatic carbocycles. The average molecular weight is 238 g/mol. The van der Waals surface area contributed by atoms with E-state index in [-0.39, 0.29) is 11.6 Å². The Morgan fingerprint density at radius 1 is 1.17 bits per heavy atom. The summed E-state index contributed by atoms with van der Waals surface area (Å²) in [5.74, 6) is -0.465. The van der Waals surface area contributed by atoms with Crippen molar-refractivity contribution in [2.75, 3.05) is 0 Å². The van der Waals surface area contributed by atoms with Gasteiger partial charge in [0.25, 0.3) is 0 Å². The van der Waals surface area contributed by atoms with Crippen molar-refractivity contribution in [1.82, 2.24) is 4.98 Å². The van der Waals surface area contributed by atoms with Gasteiger partial charge >= 0.3 is 0 Å². The van der Waals surface area contributed by atoms with Gasteiger partial charge in [0.1, 0.15) is 5.82 Å². The lowest BCUT2D eigenvalue weighted by atomic mass is 10.0. The van der Waals surface area contributed by atoms with Gasteiger partial charge in [-0.2, -0.15) is 0 Å². The van der Waals surface area contributed by atoms with E-state index in [0.717, 1.165) is 10.9 Å². The third-order valence-electron chi connectivity index (χ3n) is 2.88. The molecular weight excluding hydrogens is 229 g/mol. The van der Waals surface area contributed by atoms with Crippen LogP contribution in [-0.2, 0) is 0 Å². The Hall–Kier alpha value is -2.42. The first-order valence-electron chi connectivity index (χ1n) is 5.53. The molecule has 0 spiro atoms. The summed E-state index contributed by atoms with van der Waals surface area (Å²) in [6.07, 6.45) is 1.67. The lowest BCUT2D eigenvalue weighted by molar-refractivity contribution is 0.104. The molecular formula is C15H9FNO. The van der Waals surface area contributed by atoms with Crippen LogP contribution in [0.4, 0.5) is 4.39 Å². The number of H-pyrrole nitrogens is 1. The summed E-state index contributed by atoms with van der Waals surface area (Å²) in [4.78, 5) is 15.3. The second kappa shape index (κ2) is 4.11. The molecule has 3 aromatic rings. The van der Waals surface area contributed by atoms with Gasteiger partial charge in [-0.1, -0.05) is 12.1 Å². The molecule has 0 unspecified atom stereocenters. The van der Waals surface area contributed by atoms with Crippen LogP contribution in [0.1, 0.15) is 15.9 Å². The molecule has 1 N–H and O–H groups in total. The summed E-state index contributed by atoms with van der Waals surface area (Å²) in [7, 11) is 0. The molecule has 0 aliphatic rings. The fourth-order valence-corrected chi connectivity index (χ4v) is 1.96. The van der Waals surface area contributed by atoms with E-state index in [1.54, 1.807) is 18.3 Å². The third kappa shape index (κ3) is 1.70. The van der Waals surface area contributed by atoms with Gasteiger partial charge in [0.15, 0.2) is 5.78 Å². The van der Waals surface area contributed by atoms with E-state index < -0.39 is 0 Å². The zero-order valence-corrected chi connectivity index (χ0v) is 9.41. The van der Waals surface area contributed by atoms with Crippen molar-refractivity contribution in [2.24, 2.45) is 0 Å². The molecule has 3 heteroatoms. The first-order valence-corrected chi connectivity index (χ1v) is 5.53. The molecule has 1 radical (unpaired) electrons. The maximum absolute atomic E-state index is 12.8. The fraction of sp³-hybridized carbons (Fsp3) is 0. The van der Waals surface area contributed by atoms with Crippen LogP contribution < -0.4 is 0 Å². The Kier molecular flexibility index (Phi) is 2.45. The van der Waals surface area contributed by atoms with E-state index in [1.165, 1.54) is 24.3 Å². The molecule has 2 nitrogen and oxygen atoms in total. The Bertz CT molecular complexity index is 713. The highest BCUT2D eigenvalue weighted by Crippen LogP contribution is 2.20. The maximum Gasteiger partial charge on any atom is 0.195 e. The number of benzene rings is 2. The number of hydrogen-bond acceptors (Lipinski definition) is 1. The van der Waals surface area contributed by atoms with Crippen LogP contribution in [0.25, 0.3) is 10.9 Å². The Morgan fingerprint density at radius 2 is 1.94 bits per heavy atom. The lowest BCUT2D eigenvalue weighted by Gasteiger charge is -1.99. The second-order valence-corrected chi connectivity index (χ2v) is 4.01. The largest absolute Gasteiger partial charge is 0.360 e. The number of ketones is 1. The number of halogens is 1. The third-order valence-corrected chi connectivity index (χ3v) is 2.88. The predicted octanol–water partition coefficient (Wildman–Crippen LogP) is 3.34. The topological polar surface area (TPSA) is 32.9 Å². The number of fused-ring (bicyclic) bond motifs is 1. The van der Waals surface area contributed by atoms with Gasteiger partial charge in [0.05, 0.1) is 0 Å². The van der Waals surface area contributed by atoms with Crippen LogP contribution >= 0.6 is 0 Å². The van der Waals surface area contributed by atoms with E-state index >= 15 is 0 Å². The van der Waals surface area contributed by atoms with E-state index in [4.69, 9.17) is 0 Å². The van der Waals surface area contributed by atoms with E-state index in [0.29, 0.717) is 11.1 Å². The highest BCUT2D eigenvalue weighted by Gasteiger charge is 2.13. The van der Waals surface area contributed by atoms with Gasteiger partial charge in [0.2, 0.25) is 0 Å². The molecule has 0 aliphatic heterocycles. The van der Waals surface area contributed by atoms with Gasteiger partial charge in [0, 0.05) is 28.2 Å². The molecule has 0 aliphatic carbocycles. The number of hydrogen-bond donors (Lipinski definition) is 1. The van der Waals surface area contributed by atoms with Crippen LogP contribution in [0.3, 0.4) is 0 Å². The summed E-state index contributed by atoms with van der Waals surface area (Å²) in [5, 5.41) is 0.850. The molecule has 1 heterocycles. The maximum atomic E-state index is 12.8. The predicted molar refractivity (Wildman–Crippen MR) is 67.0 cm³/mol. The van der Waals surface area contributed by atoms with Crippen molar-refractivity contribution < 1.29 is 9.18 Å². The molecule has 3 rings (SSSR count). The number of aromatic nitrogens is 1. The molecule has 0 saturated heterocycles. The zero-order valence-electron chi connectivity index (χ0n) is 9.41. The average Bonchev–Trinajstić information content (AvgIpc) is 2.82. The molecule has 0 atom stereocenters. The van der Waals surface area contributed by atoms with Crippen LogP contribution in [0, 0.1) is 11.9 Å². The molecule has 87 valence electrons. The normalized spacial score (nSPS) is 10.7. The molecule has 0 bridgehead atoms. The van der Waals surface area contributed by atoms with Crippen molar-refractivity contribution in [3.63, 3.8) is 0 Å². The monoisotopic (exact) mass is 238 g/mol. The van der Waals surface area contributed by atoms with Crippen LogP contribution in [-0.4, -0.2) is 10.8 Å². The highest BCUT2D eigenvalue weighted by atomic mass is 19.1. The fourth-order valence-electron chi connectivity index (χ4n) is 1.96. The van der Waals surface area contributed by atoms with Crippen molar-refractivity contribution >= 4 is 16.7 Å². The minimum Gasteiger partial charge on any atom is -0.360 e. The van der Waals surface area contributed by atoms with Crippen molar-refractivity contribution in [3.05, 3.63) is 71.7 Å². The lowest BCUT2D eigenvalue weighted by Crippen LogP contribution is -2.00. The van der Waals surface area contributed by atoms with Crippen LogP contribution in [0.5, 0.6) is 0 Å². The van der Waals surface area contributed by atoms with Crippen LogP contribution in [0.2, 0.25) is 0 Å². The quantitative estimate of drug-likeness (QED) is 0.682. The van der Waals surface area contributed by atoms with E-state index in [1.807, 2.05) is 6.07 Å². The summed E-state index contributed by atoms with van der Waals surface area (Å²) in [6.45, 7) is 0. The number of carbonyl (C=O) groups excluding carboxylic acids is 1. The summed E-state index contributed by atoms with van der Waals surface area (Å²) < 4.78 is 12.8. The van der Waals surface area contributed by atoms with Gasteiger partial charge in [-0.15, -0.1) is 0 Å². The zero-order chi connectivity index (χ0) is 12.5. The molecule has 1 aromatic heterocycles. The van der Waals surface area contributed by atoms with Gasteiger partial charge < -0.3 is 4.98 Å². The Balaban J connectivity index is 2.09. The standard InChI is InChI=1S/C15H9FNO/c16-11-7-5-10(6-8-11)15(18)13-9-17-14-4-2-1-3-12(13)14/h1,3-9,17H. The minimum absolute atomic E-state index is 0.118. The van der Waals surface area contributed by atoms with Gasteiger partial charge in [-0.3, -0.25) is 4.79 Å². The summed E-state index contributed by atoms with van der Waals surface area (Å²) in [6, 6.07) is 13.9. The van der Waals surface area contributed by atoms with Gasteiger partial charge in [-0.05, 0) is 36.4 Å². The Morgan fingerprint density at radius 3 is 2.72 bits per heavy atom. The van der Waals surface area contributed by atoms with E-state index in [9.17, 15) is 9.18 Å². The number of nitrogens with one attached hydrogen (secondary N) is 1. The molecule has 18 heavy (non-hydrogen) atoms. The van der Waals surface area contributed by atoms with Crippen molar-refractivity contribution in [2.45, 2.75) is 0 Å².